The van der Waals surface area contributed by atoms with Crippen molar-refractivity contribution in [2.45, 2.75) is 25.8 Å². The van der Waals surface area contributed by atoms with Crippen LogP contribution in [-0.2, 0) is 6.54 Å². The second-order valence-corrected chi connectivity index (χ2v) is 3.63. The van der Waals surface area contributed by atoms with Crippen molar-refractivity contribution in [1.29, 1.82) is 0 Å². The number of hydrogen-bond donors (Lipinski definition) is 3. The van der Waals surface area contributed by atoms with Gasteiger partial charge in [-0.3, -0.25) is 0 Å². The topological polar surface area (TPSA) is 70.1 Å². The molecule has 1 aromatic heterocycles. The second-order valence-electron chi connectivity index (χ2n) is 3.63. The molecule has 0 fully saturated rings. The van der Waals surface area contributed by atoms with Gasteiger partial charge >= 0.3 is 0 Å². The number of aromatic nitrogens is 2. The minimum Gasteiger partial charge on any atom is -0.396 e. The summed E-state index contributed by atoms with van der Waals surface area (Å²) in [5, 5.41) is 14.8. The van der Waals surface area contributed by atoms with Gasteiger partial charge in [0.15, 0.2) is 0 Å². The second kappa shape index (κ2) is 8.01. The van der Waals surface area contributed by atoms with Crippen LogP contribution in [0.25, 0.3) is 0 Å². The van der Waals surface area contributed by atoms with Crippen LogP contribution in [0.15, 0.2) is 12.4 Å². The Morgan fingerprint density at radius 3 is 2.56 bits per heavy atom. The van der Waals surface area contributed by atoms with Crippen molar-refractivity contribution in [2.75, 3.05) is 25.5 Å². The normalized spacial score (nSPS) is 10.4. The van der Waals surface area contributed by atoms with E-state index in [4.69, 9.17) is 5.11 Å². The van der Waals surface area contributed by atoms with Crippen molar-refractivity contribution >= 4 is 5.95 Å². The van der Waals surface area contributed by atoms with E-state index in [0.717, 1.165) is 37.9 Å². The molecule has 0 bridgehead atoms. The van der Waals surface area contributed by atoms with E-state index in [-0.39, 0.29) is 0 Å². The minimum atomic E-state index is 0.291. The third-order valence-electron chi connectivity index (χ3n) is 2.27. The first kappa shape index (κ1) is 12.9. The number of nitrogens with zero attached hydrogens (tertiary/aromatic N) is 2. The largest absolute Gasteiger partial charge is 0.396 e. The van der Waals surface area contributed by atoms with Gasteiger partial charge in [0.25, 0.3) is 0 Å². The predicted octanol–water partition coefficient (Wildman–Crippen LogP) is 0.770. The maximum absolute atomic E-state index is 8.61. The molecule has 0 unspecified atom stereocenters. The molecule has 1 aromatic rings. The standard InChI is InChI=1S/C11H20N4O/c1-12-11-14-8-10(9-15-11)7-13-5-3-2-4-6-16/h8-9,13,16H,2-7H2,1H3,(H,12,14,15). The van der Waals surface area contributed by atoms with Crippen LogP contribution in [0, 0.1) is 0 Å². The van der Waals surface area contributed by atoms with Crippen LogP contribution in [-0.4, -0.2) is 35.3 Å². The molecule has 1 rings (SSSR count). The highest BCUT2D eigenvalue weighted by atomic mass is 16.2. The molecule has 3 N–H and O–H groups in total. The van der Waals surface area contributed by atoms with Crippen molar-refractivity contribution in [3.05, 3.63) is 18.0 Å². The first-order chi connectivity index (χ1) is 7.86. The van der Waals surface area contributed by atoms with Crippen LogP contribution in [0.5, 0.6) is 0 Å². The summed E-state index contributed by atoms with van der Waals surface area (Å²) in [5.74, 6) is 0.645. The van der Waals surface area contributed by atoms with Gasteiger partial charge in [0.1, 0.15) is 0 Å². The van der Waals surface area contributed by atoms with Gasteiger partial charge in [0.05, 0.1) is 0 Å². The molecule has 0 radical (unpaired) electrons. The molecular weight excluding hydrogens is 204 g/mol. The summed E-state index contributed by atoms with van der Waals surface area (Å²) in [6, 6.07) is 0. The Hall–Kier alpha value is -1.20. The average Bonchev–Trinajstić information content (AvgIpc) is 2.34. The van der Waals surface area contributed by atoms with Crippen LogP contribution >= 0.6 is 0 Å². The Labute approximate surface area is 96.3 Å². The number of hydrogen-bond acceptors (Lipinski definition) is 5. The molecule has 0 atom stereocenters. The van der Waals surface area contributed by atoms with E-state index in [2.05, 4.69) is 20.6 Å². The summed E-state index contributed by atoms with van der Waals surface area (Å²) in [6.45, 7) is 2.05. The maximum atomic E-state index is 8.61. The number of rotatable bonds is 8. The minimum absolute atomic E-state index is 0.291. The lowest BCUT2D eigenvalue weighted by atomic mass is 10.2. The predicted molar refractivity (Wildman–Crippen MR) is 64.2 cm³/mol. The Balaban J connectivity index is 2.12. The molecule has 0 amide bonds. The zero-order chi connectivity index (χ0) is 11.6. The van der Waals surface area contributed by atoms with E-state index < -0.39 is 0 Å². The van der Waals surface area contributed by atoms with E-state index >= 15 is 0 Å². The molecule has 0 saturated carbocycles. The summed E-state index contributed by atoms with van der Waals surface area (Å²) >= 11 is 0. The number of anilines is 1. The summed E-state index contributed by atoms with van der Waals surface area (Å²) < 4.78 is 0. The molecule has 90 valence electrons. The number of nitrogens with one attached hydrogen (secondary N) is 2. The van der Waals surface area contributed by atoms with Gasteiger partial charge in [0, 0.05) is 38.2 Å². The highest BCUT2D eigenvalue weighted by molar-refractivity contribution is 5.22. The average molecular weight is 224 g/mol. The lowest BCUT2D eigenvalue weighted by Crippen LogP contribution is -2.15. The third kappa shape index (κ3) is 5.04. The SMILES string of the molecule is CNc1ncc(CNCCCCCO)cn1. The molecular formula is C11H20N4O. The van der Waals surface area contributed by atoms with Crippen LogP contribution in [0.4, 0.5) is 5.95 Å². The summed E-state index contributed by atoms with van der Waals surface area (Å²) in [6.07, 6.45) is 6.69. The Morgan fingerprint density at radius 1 is 1.19 bits per heavy atom. The molecule has 0 aliphatic heterocycles. The Bertz CT molecular complexity index is 276. The highest BCUT2D eigenvalue weighted by Crippen LogP contribution is 1.99. The quantitative estimate of drug-likeness (QED) is 0.569. The zero-order valence-electron chi connectivity index (χ0n) is 9.74. The van der Waals surface area contributed by atoms with E-state index in [1.54, 1.807) is 7.05 Å². The van der Waals surface area contributed by atoms with Gasteiger partial charge in [-0.1, -0.05) is 0 Å². The van der Waals surface area contributed by atoms with Crippen molar-refractivity contribution in [1.82, 2.24) is 15.3 Å². The van der Waals surface area contributed by atoms with Crippen molar-refractivity contribution in [2.24, 2.45) is 0 Å². The fourth-order valence-corrected chi connectivity index (χ4v) is 1.35. The lowest BCUT2D eigenvalue weighted by molar-refractivity contribution is 0.283. The molecule has 0 aromatic carbocycles. The molecule has 16 heavy (non-hydrogen) atoms. The van der Waals surface area contributed by atoms with Crippen LogP contribution in [0.2, 0.25) is 0 Å². The van der Waals surface area contributed by atoms with E-state index in [0.29, 0.717) is 12.6 Å². The van der Waals surface area contributed by atoms with Crippen LogP contribution < -0.4 is 10.6 Å². The highest BCUT2D eigenvalue weighted by Gasteiger charge is 1.95. The zero-order valence-corrected chi connectivity index (χ0v) is 9.74. The summed E-state index contributed by atoms with van der Waals surface area (Å²) in [5.41, 5.74) is 1.08. The molecule has 1 heterocycles. The fourth-order valence-electron chi connectivity index (χ4n) is 1.35. The van der Waals surface area contributed by atoms with E-state index in [1.165, 1.54) is 0 Å². The maximum Gasteiger partial charge on any atom is 0.222 e. The first-order valence-electron chi connectivity index (χ1n) is 5.67. The lowest BCUT2D eigenvalue weighted by Gasteiger charge is -2.04. The first-order valence-corrected chi connectivity index (χ1v) is 5.67. The van der Waals surface area contributed by atoms with E-state index in [9.17, 15) is 0 Å². The fraction of sp³-hybridized carbons (Fsp3) is 0.636. The van der Waals surface area contributed by atoms with Crippen LogP contribution in [0.3, 0.4) is 0 Å². The van der Waals surface area contributed by atoms with Crippen molar-refractivity contribution in [3.63, 3.8) is 0 Å². The Morgan fingerprint density at radius 2 is 1.94 bits per heavy atom. The van der Waals surface area contributed by atoms with Gasteiger partial charge in [-0.25, -0.2) is 9.97 Å². The monoisotopic (exact) mass is 224 g/mol. The van der Waals surface area contributed by atoms with E-state index in [1.807, 2.05) is 12.4 Å². The number of unbranched alkanes of at least 4 members (excludes halogenated alkanes) is 2. The van der Waals surface area contributed by atoms with Gasteiger partial charge in [-0.05, 0) is 25.8 Å². The molecule has 5 heteroatoms. The molecule has 0 spiro atoms. The number of aliphatic hydroxyl groups is 1. The van der Waals surface area contributed by atoms with Gasteiger partial charge < -0.3 is 15.7 Å². The van der Waals surface area contributed by atoms with Gasteiger partial charge in [-0.2, -0.15) is 0 Å². The number of aliphatic hydroxyl groups excluding tert-OH is 1. The van der Waals surface area contributed by atoms with Gasteiger partial charge in [-0.15, -0.1) is 0 Å². The smallest absolute Gasteiger partial charge is 0.222 e. The molecule has 0 aliphatic rings. The molecule has 0 aliphatic carbocycles. The van der Waals surface area contributed by atoms with Crippen molar-refractivity contribution < 1.29 is 5.11 Å². The summed E-state index contributed by atoms with van der Waals surface area (Å²) in [7, 11) is 1.80. The molecule has 0 saturated heterocycles. The third-order valence-corrected chi connectivity index (χ3v) is 2.27. The molecule has 5 nitrogen and oxygen atoms in total. The van der Waals surface area contributed by atoms with Gasteiger partial charge in [0.2, 0.25) is 5.95 Å². The van der Waals surface area contributed by atoms with Crippen molar-refractivity contribution in [3.8, 4) is 0 Å². The van der Waals surface area contributed by atoms with Crippen LogP contribution in [0.1, 0.15) is 24.8 Å². The Kier molecular flexibility index (Phi) is 6.44. The summed E-state index contributed by atoms with van der Waals surface area (Å²) in [4.78, 5) is 8.26.